The monoisotopic (exact) mass is 177 g/mol. The maximum Gasteiger partial charge on any atom is 0.320 e. The SMILES string of the molecule is Bc1ccc(C[C@H](N)C(=O)O)cc1. The van der Waals surface area contributed by atoms with Crippen molar-refractivity contribution in [2.75, 3.05) is 0 Å². The summed E-state index contributed by atoms with van der Waals surface area (Å²) in [5.74, 6) is -0.958. The summed E-state index contributed by atoms with van der Waals surface area (Å²) in [7, 11) is 1.99. The molecule has 1 rings (SSSR count). The second-order valence-corrected chi connectivity index (χ2v) is 3.13. The van der Waals surface area contributed by atoms with E-state index in [-0.39, 0.29) is 0 Å². The quantitative estimate of drug-likeness (QED) is 0.576. The second-order valence-electron chi connectivity index (χ2n) is 3.13. The molecule has 0 spiro atoms. The summed E-state index contributed by atoms with van der Waals surface area (Å²) in [5, 5.41) is 8.57. The van der Waals surface area contributed by atoms with Gasteiger partial charge < -0.3 is 10.8 Å². The van der Waals surface area contributed by atoms with Gasteiger partial charge in [-0.3, -0.25) is 4.79 Å². The molecule has 1 atom stereocenters. The van der Waals surface area contributed by atoms with Crippen LogP contribution in [0.25, 0.3) is 0 Å². The number of carbonyl (C=O) groups is 1. The Bertz CT molecular complexity index is 297. The van der Waals surface area contributed by atoms with E-state index in [1.807, 2.05) is 32.1 Å². The van der Waals surface area contributed by atoms with Gasteiger partial charge in [0.2, 0.25) is 0 Å². The molecule has 0 unspecified atom stereocenters. The third-order valence-corrected chi connectivity index (χ3v) is 1.89. The first-order valence-corrected chi connectivity index (χ1v) is 4.13. The van der Waals surface area contributed by atoms with Gasteiger partial charge in [-0.25, -0.2) is 0 Å². The molecule has 0 aliphatic carbocycles. The van der Waals surface area contributed by atoms with Gasteiger partial charge in [-0.2, -0.15) is 0 Å². The molecule has 1 aromatic carbocycles. The van der Waals surface area contributed by atoms with Crippen LogP contribution < -0.4 is 11.2 Å². The molecule has 1 aromatic rings. The number of rotatable bonds is 3. The predicted molar refractivity (Wildman–Crippen MR) is 53.9 cm³/mol. The summed E-state index contributed by atoms with van der Waals surface area (Å²) >= 11 is 0. The lowest BCUT2D eigenvalue weighted by atomic mass is 9.94. The Kier molecular flexibility index (Phi) is 3.09. The standard InChI is InChI=1S/C9H12BNO2/c10-7-3-1-6(2-4-7)5-8(11)9(12)13/h1-4,8H,5,10-11H2,(H,12,13)/t8-/m0/s1. The van der Waals surface area contributed by atoms with Crippen LogP contribution in [-0.2, 0) is 11.2 Å². The molecule has 0 heterocycles. The fraction of sp³-hybridized carbons (Fsp3) is 0.222. The van der Waals surface area contributed by atoms with Crippen molar-refractivity contribution in [3.05, 3.63) is 29.8 Å². The van der Waals surface area contributed by atoms with Crippen LogP contribution in [0.4, 0.5) is 0 Å². The summed E-state index contributed by atoms with van der Waals surface area (Å²) in [4.78, 5) is 10.4. The van der Waals surface area contributed by atoms with Crippen molar-refractivity contribution in [2.45, 2.75) is 12.5 Å². The van der Waals surface area contributed by atoms with Crippen LogP contribution in [0.5, 0.6) is 0 Å². The Morgan fingerprint density at radius 3 is 2.46 bits per heavy atom. The van der Waals surface area contributed by atoms with Crippen molar-refractivity contribution in [1.82, 2.24) is 0 Å². The largest absolute Gasteiger partial charge is 0.480 e. The molecule has 0 radical (unpaired) electrons. The molecule has 0 aliphatic heterocycles. The zero-order valence-corrected chi connectivity index (χ0v) is 7.53. The van der Waals surface area contributed by atoms with Gasteiger partial charge in [0.05, 0.1) is 0 Å². The molecule has 3 nitrogen and oxygen atoms in total. The van der Waals surface area contributed by atoms with Crippen LogP contribution >= 0.6 is 0 Å². The van der Waals surface area contributed by atoms with Gasteiger partial charge in [0.15, 0.2) is 0 Å². The fourth-order valence-electron chi connectivity index (χ4n) is 1.07. The van der Waals surface area contributed by atoms with Crippen molar-refractivity contribution in [3.8, 4) is 0 Å². The molecular formula is C9H12BNO2. The molecule has 0 saturated heterocycles. The fourth-order valence-corrected chi connectivity index (χ4v) is 1.07. The zero-order valence-electron chi connectivity index (χ0n) is 7.53. The Balaban J connectivity index is 2.64. The number of hydrogen-bond acceptors (Lipinski definition) is 2. The average Bonchev–Trinajstić information content (AvgIpc) is 2.08. The maximum atomic E-state index is 10.4. The van der Waals surface area contributed by atoms with Gasteiger partial charge in [0.1, 0.15) is 13.9 Å². The second kappa shape index (κ2) is 4.09. The number of benzene rings is 1. The average molecular weight is 177 g/mol. The first-order chi connectivity index (χ1) is 6.09. The van der Waals surface area contributed by atoms with Crippen molar-refractivity contribution in [3.63, 3.8) is 0 Å². The van der Waals surface area contributed by atoms with Crippen molar-refractivity contribution in [1.29, 1.82) is 0 Å². The molecule has 0 saturated carbocycles. The molecular weight excluding hydrogens is 165 g/mol. The van der Waals surface area contributed by atoms with E-state index in [0.717, 1.165) is 11.0 Å². The van der Waals surface area contributed by atoms with Gasteiger partial charge in [-0.15, -0.1) is 0 Å². The lowest BCUT2D eigenvalue weighted by molar-refractivity contribution is -0.138. The molecule has 13 heavy (non-hydrogen) atoms. The van der Waals surface area contributed by atoms with Crippen molar-refractivity contribution < 1.29 is 9.90 Å². The van der Waals surface area contributed by atoms with Crippen LogP contribution in [0, 0.1) is 0 Å². The first-order valence-electron chi connectivity index (χ1n) is 4.13. The van der Waals surface area contributed by atoms with Gasteiger partial charge >= 0.3 is 5.97 Å². The summed E-state index contributed by atoms with van der Waals surface area (Å²) in [6.07, 6.45) is 0.385. The number of hydrogen-bond donors (Lipinski definition) is 2. The minimum atomic E-state index is -0.958. The summed E-state index contributed by atoms with van der Waals surface area (Å²) in [6.45, 7) is 0. The summed E-state index contributed by atoms with van der Waals surface area (Å²) < 4.78 is 0. The van der Waals surface area contributed by atoms with Crippen molar-refractivity contribution in [2.24, 2.45) is 5.73 Å². The molecule has 0 aromatic heterocycles. The van der Waals surface area contributed by atoms with Crippen LogP contribution in [-0.4, -0.2) is 25.0 Å². The molecule has 0 amide bonds. The Morgan fingerprint density at radius 1 is 1.46 bits per heavy atom. The Labute approximate surface area is 78.0 Å². The molecule has 68 valence electrons. The first kappa shape index (κ1) is 9.80. The van der Waals surface area contributed by atoms with E-state index in [9.17, 15) is 4.79 Å². The molecule has 4 heteroatoms. The molecule has 0 aliphatic rings. The highest BCUT2D eigenvalue weighted by Gasteiger charge is 2.11. The van der Waals surface area contributed by atoms with E-state index in [1.54, 1.807) is 0 Å². The zero-order chi connectivity index (χ0) is 9.84. The summed E-state index contributed by atoms with van der Waals surface area (Å²) in [5.41, 5.74) is 7.51. The molecule has 3 N–H and O–H groups in total. The smallest absolute Gasteiger partial charge is 0.320 e. The summed E-state index contributed by atoms with van der Waals surface area (Å²) in [6, 6.07) is 6.90. The van der Waals surface area contributed by atoms with E-state index < -0.39 is 12.0 Å². The number of nitrogens with two attached hydrogens (primary N) is 1. The highest BCUT2D eigenvalue weighted by molar-refractivity contribution is 6.32. The minimum Gasteiger partial charge on any atom is -0.480 e. The molecule has 0 fully saturated rings. The topological polar surface area (TPSA) is 63.3 Å². The molecule has 0 bridgehead atoms. The maximum absolute atomic E-state index is 10.4. The number of aliphatic carboxylic acids is 1. The highest BCUT2D eigenvalue weighted by atomic mass is 16.4. The van der Waals surface area contributed by atoms with Crippen LogP contribution in [0.2, 0.25) is 0 Å². The lowest BCUT2D eigenvalue weighted by Gasteiger charge is -2.05. The predicted octanol–water partition coefficient (Wildman–Crippen LogP) is -1.10. The van der Waals surface area contributed by atoms with Gasteiger partial charge in [0.25, 0.3) is 0 Å². The van der Waals surface area contributed by atoms with E-state index in [4.69, 9.17) is 10.8 Å². The van der Waals surface area contributed by atoms with E-state index in [1.165, 1.54) is 0 Å². The van der Waals surface area contributed by atoms with E-state index in [0.29, 0.717) is 6.42 Å². The normalized spacial score (nSPS) is 12.4. The van der Waals surface area contributed by atoms with Crippen LogP contribution in [0.3, 0.4) is 0 Å². The van der Waals surface area contributed by atoms with Crippen molar-refractivity contribution >= 4 is 19.3 Å². The third-order valence-electron chi connectivity index (χ3n) is 1.89. The van der Waals surface area contributed by atoms with Gasteiger partial charge in [-0.05, 0) is 12.0 Å². The Morgan fingerprint density at radius 2 is 2.00 bits per heavy atom. The minimum absolute atomic E-state index is 0.385. The highest BCUT2D eigenvalue weighted by Crippen LogP contribution is 2.00. The van der Waals surface area contributed by atoms with E-state index >= 15 is 0 Å². The number of carboxylic acid groups (broad SMARTS) is 1. The lowest BCUT2D eigenvalue weighted by Crippen LogP contribution is -2.32. The third kappa shape index (κ3) is 2.91. The van der Waals surface area contributed by atoms with E-state index in [2.05, 4.69) is 0 Å². The van der Waals surface area contributed by atoms with Crippen LogP contribution in [0.15, 0.2) is 24.3 Å². The Hall–Kier alpha value is -1.29. The van der Waals surface area contributed by atoms with Crippen LogP contribution in [0.1, 0.15) is 5.56 Å². The number of carboxylic acids is 1. The van der Waals surface area contributed by atoms with Gasteiger partial charge in [0, 0.05) is 0 Å². The van der Waals surface area contributed by atoms with Gasteiger partial charge in [-0.1, -0.05) is 29.7 Å².